The van der Waals surface area contributed by atoms with Gasteiger partial charge in [-0.25, -0.2) is 0 Å². The van der Waals surface area contributed by atoms with E-state index in [0.717, 1.165) is 61.0 Å². The first kappa shape index (κ1) is 20.4. The fourth-order valence-electron chi connectivity index (χ4n) is 3.99. The number of aromatic nitrogens is 2. The van der Waals surface area contributed by atoms with E-state index in [-0.39, 0.29) is 11.7 Å². The number of hydrogen-bond donors (Lipinski definition) is 1. The Morgan fingerprint density at radius 2 is 2.00 bits per heavy atom. The summed E-state index contributed by atoms with van der Waals surface area (Å²) in [7, 11) is 1.67. The zero-order chi connectivity index (χ0) is 20.9. The van der Waals surface area contributed by atoms with Gasteiger partial charge in [-0.05, 0) is 61.5 Å². The molecule has 0 unspecified atom stereocenters. The molecule has 4 rings (SSSR count). The summed E-state index contributed by atoms with van der Waals surface area (Å²) in [6, 6.07) is 7.93. The van der Waals surface area contributed by atoms with Gasteiger partial charge in [0.2, 0.25) is 0 Å². The fourth-order valence-corrected chi connectivity index (χ4v) is 3.99. The Morgan fingerprint density at radius 1 is 1.17 bits per heavy atom. The maximum Gasteiger partial charge on any atom is 0.260 e. The van der Waals surface area contributed by atoms with Crippen LogP contribution >= 0.6 is 0 Å². The van der Waals surface area contributed by atoms with Crippen molar-refractivity contribution in [3.05, 3.63) is 53.2 Å². The largest absolute Gasteiger partial charge is 0.493 e. The van der Waals surface area contributed by atoms with Crippen LogP contribution in [-0.4, -0.2) is 35.9 Å². The highest BCUT2D eigenvalue weighted by Gasteiger charge is 2.18. The molecule has 2 aromatic heterocycles. The van der Waals surface area contributed by atoms with Gasteiger partial charge in [0.25, 0.3) is 5.56 Å². The quantitative estimate of drug-likeness (QED) is 0.641. The van der Waals surface area contributed by atoms with E-state index in [1.807, 2.05) is 30.5 Å². The lowest BCUT2D eigenvalue weighted by Gasteiger charge is -2.25. The van der Waals surface area contributed by atoms with Crippen molar-refractivity contribution in [1.29, 1.82) is 0 Å². The summed E-state index contributed by atoms with van der Waals surface area (Å²) < 4.78 is 13.7. The summed E-state index contributed by atoms with van der Waals surface area (Å²) in [5, 5.41) is 4.90. The minimum absolute atomic E-state index is 0.00752. The van der Waals surface area contributed by atoms with Gasteiger partial charge in [-0.3, -0.25) is 9.78 Å². The Bertz CT molecular complexity index is 1070. The predicted molar refractivity (Wildman–Crippen MR) is 119 cm³/mol. The molecule has 0 atom stereocenters. The highest BCUT2D eigenvalue weighted by Crippen LogP contribution is 2.35. The molecule has 0 aliphatic carbocycles. The van der Waals surface area contributed by atoms with Gasteiger partial charge >= 0.3 is 0 Å². The van der Waals surface area contributed by atoms with Crippen molar-refractivity contribution in [2.75, 3.05) is 20.2 Å². The van der Waals surface area contributed by atoms with Gasteiger partial charge in [-0.15, -0.1) is 0 Å². The second-order valence-electron chi connectivity index (χ2n) is 7.75. The van der Waals surface area contributed by atoms with Crippen LogP contribution in [-0.2, 0) is 6.54 Å². The number of fused-ring (bicyclic) bond motifs is 1. The molecule has 0 spiro atoms. The molecule has 1 N–H and O–H groups in total. The zero-order valence-corrected chi connectivity index (χ0v) is 17.7. The molecule has 1 aliphatic rings. The monoisotopic (exact) mass is 407 g/mol. The number of unbranched alkanes of at least 4 members (excludes halogenated alkanes) is 1. The fraction of sp³-hybridized carbons (Fsp3) is 0.417. The van der Waals surface area contributed by atoms with Gasteiger partial charge in [-0.2, -0.15) is 0 Å². The number of pyridine rings is 2. The van der Waals surface area contributed by atoms with Crippen LogP contribution in [0, 0.1) is 0 Å². The van der Waals surface area contributed by atoms with Gasteiger partial charge in [0.05, 0.1) is 12.5 Å². The maximum atomic E-state index is 12.9. The SMILES string of the molecule is CCCCn1cc(-c2ccc(OC3CCNCC3)c(OC)c2)c2ccncc2c1=O. The number of aryl methyl sites for hydroxylation is 1. The number of nitrogens with zero attached hydrogens (tertiary/aromatic N) is 2. The van der Waals surface area contributed by atoms with Crippen LogP contribution in [0.5, 0.6) is 11.5 Å². The van der Waals surface area contributed by atoms with E-state index in [1.54, 1.807) is 24.1 Å². The lowest BCUT2D eigenvalue weighted by atomic mass is 10.0. The molecule has 6 nitrogen and oxygen atoms in total. The second kappa shape index (κ2) is 9.30. The molecular weight excluding hydrogens is 378 g/mol. The summed E-state index contributed by atoms with van der Waals surface area (Å²) in [4.78, 5) is 17.1. The number of methoxy groups -OCH3 is 1. The number of piperidine rings is 1. The number of benzene rings is 1. The molecule has 30 heavy (non-hydrogen) atoms. The third-order valence-electron chi connectivity index (χ3n) is 5.69. The topological polar surface area (TPSA) is 65.4 Å². The molecule has 3 heterocycles. The summed E-state index contributed by atoms with van der Waals surface area (Å²) in [6.07, 6.45) is 9.52. The lowest BCUT2D eigenvalue weighted by molar-refractivity contribution is 0.157. The molecule has 3 aromatic rings. The first-order valence-corrected chi connectivity index (χ1v) is 10.7. The smallest absolute Gasteiger partial charge is 0.260 e. The van der Waals surface area contributed by atoms with Crippen LogP contribution in [0.2, 0.25) is 0 Å². The summed E-state index contributed by atoms with van der Waals surface area (Å²) >= 11 is 0. The van der Waals surface area contributed by atoms with Gasteiger partial charge in [0.15, 0.2) is 11.5 Å². The van der Waals surface area contributed by atoms with Gasteiger partial charge in [0.1, 0.15) is 6.10 Å². The van der Waals surface area contributed by atoms with E-state index in [4.69, 9.17) is 9.47 Å². The molecule has 1 fully saturated rings. The third kappa shape index (κ3) is 4.19. The minimum atomic E-state index is 0.00752. The van der Waals surface area contributed by atoms with E-state index >= 15 is 0 Å². The number of rotatable bonds is 7. The third-order valence-corrected chi connectivity index (χ3v) is 5.69. The van der Waals surface area contributed by atoms with Crippen molar-refractivity contribution in [2.24, 2.45) is 0 Å². The van der Waals surface area contributed by atoms with E-state index in [9.17, 15) is 4.79 Å². The van der Waals surface area contributed by atoms with Gasteiger partial charge in [0, 0.05) is 30.7 Å². The Balaban J connectivity index is 1.75. The molecule has 0 amide bonds. The van der Waals surface area contributed by atoms with Crippen LogP contribution in [0.4, 0.5) is 0 Å². The second-order valence-corrected chi connectivity index (χ2v) is 7.75. The van der Waals surface area contributed by atoms with E-state index in [0.29, 0.717) is 17.7 Å². The molecule has 0 bridgehead atoms. The van der Waals surface area contributed by atoms with Crippen LogP contribution in [0.3, 0.4) is 0 Å². The highest BCUT2D eigenvalue weighted by atomic mass is 16.5. The first-order valence-electron chi connectivity index (χ1n) is 10.7. The number of ether oxygens (including phenoxy) is 2. The van der Waals surface area contributed by atoms with E-state index in [2.05, 4.69) is 17.2 Å². The standard InChI is InChI=1S/C24H29N3O3/c1-3-4-13-27-16-21(19-9-12-26-15-20(19)24(27)28)17-5-6-22(23(14-17)29-2)30-18-7-10-25-11-8-18/h5-6,9,12,14-16,18,25H,3-4,7-8,10-11,13H2,1-2H3. The molecule has 6 heteroatoms. The minimum Gasteiger partial charge on any atom is -0.493 e. The predicted octanol–water partition coefficient (Wildman–Crippen LogP) is 4.00. The van der Waals surface area contributed by atoms with Crippen molar-refractivity contribution in [2.45, 2.75) is 45.3 Å². The van der Waals surface area contributed by atoms with Crippen molar-refractivity contribution >= 4 is 10.8 Å². The lowest BCUT2D eigenvalue weighted by Crippen LogP contribution is -2.34. The normalized spacial score (nSPS) is 14.7. The first-order chi connectivity index (χ1) is 14.7. The van der Waals surface area contributed by atoms with Gasteiger partial charge in [-0.1, -0.05) is 19.4 Å². The van der Waals surface area contributed by atoms with Gasteiger partial charge < -0.3 is 19.4 Å². The Hall–Kier alpha value is -2.86. The van der Waals surface area contributed by atoms with Crippen LogP contribution in [0.1, 0.15) is 32.6 Å². The number of hydrogen-bond acceptors (Lipinski definition) is 5. The molecule has 1 aromatic carbocycles. The summed E-state index contributed by atoms with van der Waals surface area (Å²) in [5.41, 5.74) is 1.99. The van der Waals surface area contributed by atoms with Crippen molar-refractivity contribution in [3.8, 4) is 22.6 Å². The Kier molecular flexibility index (Phi) is 6.33. The molecular formula is C24H29N3O3. The van der Waals surface area contributed by atoms with Crippen LogP contribution in [0.15, 0.2) is 47.7 Å². The van der Waals surface area contributed by atoms with Crippen molar-refractivity contribution in [3.63, 3.8) is 0 Å². The molecule has 1 aliphatic heterocycles. The average molecular weight is 408 g/mol. The average Bonchev–Trinajstić information content (AvgIpc) is 2.80. The van der Waals surface area contributed by atoms with Crippen molar-refractivity contribution in [1.82, 2.24) is 14.9 Å². The molecule has 1 saturated heterocycles. The summed E-state index contributed by atoms with van der Waals surface area (Å²) in [5.74, 6) is 1.47. The van der Waals surface area contributed by atoms with Crippen LogP contribution in [0.25, 0.3) is 21.9 Å². The van der Waals surface area contributed by atoms with Crippen molar-refractivity contribution < 1.29 is 9.47 Å². The summed E-state index contributed by atoms with van der Waals surface area (Å²) in [6.45, 7) is 4.77. The molecule has 158 valence electrons. The van der Waals surface area contributed by atoms with Crippen LogP contribution < -0.4 is 20.3 Å². The van der Waals surface area contributed by atoms with E-state index in [1.165, 1.54) is 0 Å². The molecule has 0 saturated carbocycles. The maximum absolute atomic E-state index is 12.9. The molecule has 0 radical (unpaired) electrons. The zero-order valence-electron chi connectivity index (χ0n) is 17.7. The Labute approximate surface area is 176 Å². The highest BCUT2D eigenvalue weighted by molar-refractivity contribution is 5.95. The van der Waals surface area contributed by atoms with E-state index < -0.39 is 0 Å². The number of nitrogens with one attached hydrogen (secondary N) is 1. The Morgan fingerprint density at radius 3 is 2.77 bits per heavy atom.